The summed E-state index contributed by atoms with van der Waals surface area (Å²) in [5.74, 6) is 1.13. The predicted molar refractivity (Wildman–Crippen MR) is 96.6 cm³/mol. The third-order valence-electron chi connectivity index (χ3n) is 3.70. The third-order valence-corrected chi connectivity index (χ3v) is 3.70. The van der Waals surface area contributed by atoms with Crippen LogP contribution < -0.4 is 10.1 Å². The second-order valence-electron chi connectivity index (χ2n) is 5.70. The number of nitrogens with one attached hydrogen (secondary N) is 1. The van der Waals surface area contributed by atoms with E-state index in [0.29, 0.717) is 29.5 Å². The summed E-state index contributed by atoms with van der Waals surface area (Å²) in [6.07, 6.45) is 0.135. The lowest BCUT2D eigenvalue weighted by molar-refractivity contribution is -0.115. The minimum atomic E-state index is -0.170. The Balaban J connectivity index is 1.67. The van der Waals surface area contributed by atoms with Crippen molar-refractivity contribution >= 4 is 11.6 Å². The SMILES string of the molecule is CCOc1ccccc1NC(=O)Cc1cc(-c2ccc(C)cc2)on1. The fourth-order valence-corrected chi connectivity index (χ4v) is 2.46. The number of carbonyl (C=O) groups is 1. The zero-order valence-corrected chi connectivity index (χ0v) is 14.3. The normalized spacial score (nSPS) is 10.5. The van der Waals surface area contributed by atoms with Crippen molar-refractivity contribution in [3.05, 3.63) is 65.9 Å². The van der Waals surface area contributed by atoms with Gasteiger partial charge in [0.05, 0.1) is 24.4 Å². The van der Waals surface area contributed by atoms with E-state index in [-0.39, 0.29) is 12.3 Å². The summed E-state index contributed by atoms with van der Waals surface area (Å²) in [7, 11) is 0. The number of ether oxygens (including phenoxy) is 1. The first-order chi connectivity index (χ1) is 12.2. The van der Waals surface area contributed by atoms with E-state index >= 15 is 0 Å². The Kier molecular flexibility index (Phi) is 5.14. The Morgan fingerprint density at radius 1 is 1.16 bits per heavy atom. The van der Waals surface area contributed by atoms with Gasteiger partial charge in [-0.1, -0.05) is 47.1 Å². The summed E-state index contributed by atoms with van der Waals surface area (Å²) >= 11 is 0. The molecule has 128 valence electrons. The van der Waals surface area contributed by atoms with E-state index in [4.69, 9.17) is 9.26 Å². The van der Waals surface area contributed by atoms with Crippen molar-refractivity contribution in [3.63, 3.8) is 0 Å². The number of rotatable bonds is 6. The zero-order valence-electron chi connectivity index (χ0n) is 14.3. The Labute approximate surface area is 146 Å². The van der Waals surface area contributed by atoms with Gasteiger partial charge in [0.25, 0.3) is 0 Å². The molecule has 0 unspecified atom stereocenters. The van der Waals surface area contributed by atoms with Crippen LogP contribution in [0.5, 0.6) is 5.75 Å². The molecule has 0 aliphatic heterocycles. The maximum absolute atomic E-state index is 12.3. The van der Waals surface area contributed by atoms with Crippen molar-refractivity contribution in [3.8, 4) is 17.1 Å². The van der Waals surface area contributed by atoms with Gasteiger partial charge in [-0.15, -0.1) is 0 Å². The molecule has 0 radical (unpaired) electrons. The molecule has 3 aromatic rings. The van der Waals surface area contributed by atoms with E-state index in [9.17, 15) is 4.79 Å². The first kappa shape index (κ1) is 16.8. The molecular formula is C20H20N2O3. The number of aryl methyl sites for hydroxylation is 1. The topological polar surface area (TPSA) is 64.4 Å². The van der Waals surface area contributed by atoms with E-state index in [2.05, 4.69) is 10.5 Å². The molecule has 1 heterocycles. The van der Waals surface area contributed by atoms with Crippen LogP contribution >= 0.6 is 0 Å². The van der Waals surface area contributed by atoms with Crippen LogP contribution in [-0.2, 0) is 11.2 Å². The first-order valence-corrected chi connectivity index (χ1v) is 8.20. The van der Waals surface area contributed by atoms with Gasteiger partial charge >= 0.3 is 0 Å². The second-order valence-corrected chi connectivity index (χ2v) is 5.70. The molecule has 5 heteroatoms. The van der Waals surface area contributed by atoms with Gasteiger partial charge in [-0.2, -0.15) is 0 Å². The average Bonchev–Trinajstić information content (AvgIpc) is 3.06. The fourth-order valence-electron chi connectivity index (χ4n) is 2.46. The molecule has 0 aliphatic rings. The quantitative estimate of drug-likeness (QED) is 0.731. The van der Waals surface area contributed by atoms with Gasteiger partial charge in [-0.05, 0) is 26.0 Å². The molecule has 5 nitrogen and oxygen atoms in total. The smallest absolute Gasteiger partial charge is 0.230 e. The van der Waals surface area contributed by atoms with Crippen LogP contribution in [0.1, 0.15) is 18.2 Å². The Hall–Kier alpha value is -3.08. The molecule has 3 rings (SSSR count). The minimum Gasteiger partial charge on any atom is -0.492 e. The highest BCUT2D eigenvalue weighted by atomic mass is 16.5. The number of amides is 1. The Morgan fingerprint density at radius 2 is 1.92 bits per heavy atom. The van der Waals surface area contributed by atoms with Crippen molar-refractivity contribution < 1.29 is 14.1 Å². The number of benzene rings is 2. The molecule has 25 heavy (non-hydrogen) atoms. The molecule has 1 amide bonds. The molecule has 1 N–H and O–H groups in total. The lowest BCUT2D eigenvalue weighted by atomic mass is 10.1. The van der Waals surface area contributed by atoms with E-state index in [1.807, 2.05) is 62.4 Å². The molecule has 0 fully saturated rings. The lowest BCUT2D eigenvalue weighted by Gasteiger charge is -2.10. The zero-order chi connectivity index (χ0) is 17.6. The number of carbonyl (C=O) groups excluding carboxylic acids is 1. The number of aromatic nitrogens is 1. The Bertz CT molecular complexity index is 853. The first-order valence-electron chi connectivity index (χ1n) is 8.20. The van der Waals surface area contributed by atoms with Crippen molar-refractivity contribution in [1.82, 2.24) is 5.16 Å². The summed E-state index contributed by atoms with van der Waals surface area (Å²) < 4.78 is 10.9. The maximum atomic E-state index is 12.3. The van der Waals surface area contributed by atoms with Gasteiger partial charge in [0.15, 0.2) is 5.76 Å². The van der Waals surface area contributed by atoms with Crippen LogP contribution in [0.3, 0.4) is 0 Å². The van der Waals surface area contributed by atoms with Crippen LogP contribution in [0, 0.1) is 6.92 Å². The predicted octanol–water partition coefficient (Wildman–Crippen LogP) is 4.23. The number of hydrogen-bond acceptors (Lipinski definition) is 4. The number of hydrogen-bond donors (Lipinski definition) is 1. The number of anilines is 1. The lowest BCUT2D eigenvalue weighted by Crippen LogP contribution is -2.15. The highest BCUT2D eigenvalue weighted by molar-refractivity contribution is 5.93. The number of para-hydroxylation sites is 2. The van der Waals surface area contributed by atoms with Crippen LogP contribution in [0.25, 0.3) is 11.3 Å². The molecule has 1 aromatic heterocycles. The van der Waals surface area contributed by atoms with Crippen LogP contribution in [0.15, 0.2) is 59.1 Å². The summed E-state index contributed by atoms with van der Waals surface area (Å²) in [5, 5.41) is 6.84. The molecule has 0 bridgehead atoms. The molecule has 0 aliphatic carbocycles. The standard InChI is InChI=1S/C20H20N2O3/c1-3-24-18-7-5-4-6-17(18)21-20(23)13-16-12-19(25-22-16)15-10-8-14(2)9-11-15/h4-12H,3,13H2,1-2H3,(H,21,23). The highest BCUT2D eigenvalue weighted by Crippen LogP contribution is 2.24. The molecule has 2 aromatic carbocycles. The van der Waals surface area contributed by atoms with E-state index in [0.717, 1.165) is 5.56 Å². The van der Waals surface area contributed by atoms with Crippen molar-refractivity contribution in [2.24, 2.45) is 0 Å². The average molecular weight is 336 g/mol. The molecule has 0 saturated carbocycles. The third kappa shape index (κ3) is 4.26. The van der Waals surface area contributed by atoms with E-state index in [1.54, 1.807) is 6.07 Å². The minimum absolute atomic E-state index is 0.135. The maximum Gasteiger partial charge on any atom is 0.230 e. The van der Waals surface area contributed by atoms with Crippen LogP contribution in [0.2, 0.25) is 0 Å². The molecule has 0 saturated heterocycles. The van der Waals surface area contributed by atoms with Crippen LogP contribution in [0.4, 0.5) is 5.69 Å². The fraction of sp³-hybridized carbons (Fsp3) is 0.200. The van der Waals surface area contributed by atoms with E-state index in [1.165, 1.54) is 5.56 Å². The monoisotopic (exact) mass is 336 g/mol. The summed E-state index contributed by atoms with van der Waals surface area (Å²) in [5.41, 5.74) is 3.35. The molecule has 0 atom stereocenters. The van der Waals surface area contributed by atoms with Gasteiger partial charge in [0.2, 0.25) is 5.91 Å². The second kappa shape index (κ2) is 7.66. The molecular weight excluding hydrogens is 316 g/mol. The Morgan fingerprint density at radius 3 is 2.68 bits per heavy atom. The molecule has 0 spiro atoms. The van der Waals surface area contributed by atoms with Gasteiger partial charge in [0, 0.05) is 11.6 Å². The van der Waals surface area contributed by atoms with Crippen molar-refractivity contribution in [2.45, 2.75) is 20.3 Å². The van der Waals surface area contributed by atoms with Gasteiger partial charge in [-0.25, -0.2) is 0 Å². The summed E-state index contributed by atoms with van der Waals surface area (Å²) in [4.78, 5) is 12.3. The van der Waals surface area contributed by atoms with Crippen molar-refractivity contribution in [1.29, 1.82) is 0 Å². The summed E-state index contributed by atoms with van der Waals surface area (Å²) in [6.45, 7) is 4.47. The summed E-state index contributed by atoms with van der Waals surface area (Å²) in [6, 6.07) is 17.1. The van der Waals surface area contributed by atoms with E-state index < -0.39 is 0 Å². The van der Waals surface area contributed by atoms with Gasteiger partial charge in [0.1, 0.15) is 5.75 Å². The highest BCUT2D eigenvalue weighted by Gasteiger charge is 2.12. The van der Waals surface area contributed by atoms with Gasteiger partial charge in [-0.3, -0.25) is 4.79 Å². The number of nitrogens with zero attached hydrogens (tertiary/aromatic N) is 1. The largest absolute Gasteiger partial charge is 0.492 e. The van der Waals surface area contributed by atoms with Crippen molar-refractivity contribution in [2.75, 3.05) is 11.9 Å². The van der Waals surface area contributed by atoms with Crippen LogP contribution in [-0.4, -0.2) is 17.7 Å². The van der Waals surface area contributed by atoms with Gasteiger partial charge < -0.3 is 14.6 Å².